The number of ether oxygens (including phenoxy) is 3. The molecule has 0 bridgehead atoms. The summed E-state index contributed by atoms with van der Waals surface area (Å²) in [4.78, 5) is 39.4. The van der Waals surface area contributed by atoms with Crippen molar-refractivity contribution in [1.29, 1.82) is 0 Å². The number of hydrogen-bond acceptors (Lipinski definition) is 7. The standard InChI is InChI=1S/C29H27NO6S/c1-18-6-5-7-22(14-18)28(32)36-23-11-10-21(16-25(23)34-4)17-26-27(31)30(29(33)37-26)12-13-35-24-15-19(2)8-9-20(24)3/h5-11,14-17H,12-13H2,1-4H3/b26-17-. The third kappa shape index (κ3) is 6.21. The number of amides is 2. The molecule has 1 heterocycles. The summed E-state index contributed by atoms with van der Waals surface area (Å²) in [6.45, 7) is 6.16. The van der Waals surface area contributed by atoms with Gasteiger partial charge in [-0.15, -0.1) is 0 Å². The van der Waals surface area contributed by atoms with Crippen LogP contribution >= 0.6 is 11.8 Å². The summed E-state index contributed by atoms with van der Waals surface area (Å²) in [5.74, 6) is 0.434. The number of aryl methyl sites for hydroxylation is 3. The highest BCUT2D eigenvalue weighted by Crippen LogP contribution is 2.35. The average Bonchev–Trinajstić information content (AvgIpc) is 3.14. The number of hydrogen-bond donors (Lipinski definition) is 0. The van der Waals surface area contributed by atoms with E-state index in [2.05, 4.69) is 0 Å². The molecule has 0 aliphatic carbocycles. The molecule has 190 valence electrons. The van der Waals surface area contributed by atoms with Gasteiger partial charge in [-0.05, 0) is 85.6 Å². The van der Waals surface area contributed by atoms with Gasteiger partial charge in [-0.1, -0.05) is 35.9 Å². The molecular weight excluding hydrogens is 490 g/mol. The van der Waals surface area contributed by atoms with Crippen LogP contribution in [0.4, 0.5) is 4.79 Å². The maximum atomic E-state index is 12.9. The Labute approximate surface area is 220 Å². The van der Waals surface area contributed by atoms with Gasteiger partial charge in [-0.3, -0.25) is 14.5 Å². The molecule has 37 heavy (non-hydrogen) atoms. The van der Waals surface area contributed by atoms with Gasteiger partial charge in [0.1, 0.15) is 12.4 Å². The zero-order valence-corrected chi connectivity index (χ0v) is 21.9. The summed E-state index contributed by atoms with van der Waals surface area (Å²) < 4.78 is 16.7. The molecule has 1 fully saturated rings. The lowest BCUT2D eigenvalue weighted by molar-refractivity contribution is -0.123. The van der Waals surface area contributed by atoms with E-state index in [9.17, 15) is 14.4 Å². The van der Waals surface area contributed by atoms with Gasteiger partial charge in [-0.2, -0.15) is 0 Å². The molecule has 3 aromatic carbocycles. The number of benzene rings is 3. The molecule has 0 unspecified atom stereocenters. The minimum absolute atomic E-state index is 0.145. The van der Waals surface area contributed by atoms with Gasteiger partial charge in [0, 0.05) is 0 Å². The Kier molecular flexibility index (Phi) is 7.98. The van der Waals surface area contributed by atoms with Crippen molar-refractivity contribution in [2.45, 2.75) is 20.8 Å². The summed E-state index contributed by atoms with van der Waals surface area (Å²) >= 11 is 0.872. The van der Waals surface area contributed by atoms with Crippen LogP contribution in [0.25, 0.3) is 6.08 Å². The van der Waals surface area contributed by atoms with Crippen molar-refractivity contribution in [3.8, 4) is 17.2 Å². The first-order valence-electron chi connectivity index (χ1n) is 11.7. The van der Waals surface area contributed by atoms with Crippen molar-refractivity contribution in [3.63, 3.8) is 0 Å². The molecule has 0 spiro atoms. The van der Waals surface area contributed by atoms with Crippen LogP contribution in [0.2, 0.25) is 0 Å². The van der Waals surface area contributed by atoms with E-state index in [0.29, 0.717) is 21.8 Å². The predicted octanol–water partition coefficient (Wildman–Crippen LogP) is 5.95. The maximum absolute atomic E-state index is 12.9. The number of imide groups is 1. The highest BCUT2D eigenvalue weighted by atomic mass is 32.2. The second-order valence-corrected chi connectivity index (χ2v) is 9.61. The SMILES string of the molecule is COc1cc(/C=C2\SC(=O)N(CCOc3cc(C)ccc3C)C2=O)ccc1OC(=O)c1cccc(C)c1. The minimum atomic E-state index is -0.501. The molecule has 1 saturated heterocycles. The lowest BCUT2D eigenvalue weighted by Gasteiger charge is -2.14. The van der Waals surface area contributed by atoms with E-state index in [4.69, 9.17) is 14.2 Å². The number of methoxy groups -OCH3 is 1. The molecule has 2 amide bonds. The molecule has 0 radical (unpaired) electrons. The minimum Gasteiger partial charge on any atom is -0.493 e. The van der Waals surface area contributed by atoms with Gasteiger partial charge < -0.3 is 14.2 Å². The lowest BCUT2D eigenvalue weighted by atomic mass is 10.1. The Bertz CT molecular complexity index is 1400. The fraction of sp³-hybridized carbons (Fsp3) is 0.207. The number of nitrogens with zero attached hydrogens (tertiary/aromatic N) is 1. The van der Waals surface area contributed by atoms with Gasteiger partial charge in [0.15, 0.2) is 11.5 Å². The highest BCUT2D eigenvalue weighted by molar-refractivity contribution is 8.18. The number of carbonyl (C=O) groups is 3. The Balaban J connectivity index is 1.43. The largest absolute Gasteiger partial charge is 0.493 e. The van der Waals surface area contributed by atoms with E-state index < -0.39 is 5.97 Å². The van der Waals surface area contributed by atoms with Crippen LogP contribution in [-0.4, -0.2) is 42.3 Å². The van der Waals surface area contributed by atoms with E-state index in [-0.39, 0.29) is 30.0 Å². The molecule has 3 aromatic rings. The summed E-state index contributed by atoms with van der Waals surface area (Å²) in [5, 5.41) is -0.350. The summed E-state index contributed by atoms with van der Waals surface area (Å²) in [6.07, 6.45) is 1.62. The summed E-state index contributed by atoms with van der Waals surface area (Å²) in [7, 11) is 1.47. The molecule has 8 heteroatoms. The fourth-order valence-corrected chi connectivity index (χ4v) is 4.61. The van der Waals surface area contributed by atoms with Crippen LogP contribution in [0, 0.1) is 20.8 Å². The van der Waals surface area contributed by atoms with Crippen molar-refractivity contribution in [3.05, 3.63) is 93.4 Å². The molecule has 0 N–H and O–H groups in total. The zero-order chi connectivity index (χ0) is 26.5. The van der Waals surface area contributed by atoms with Crippen LogP contribution in [0.15, 0.2) is 65.6 Å². The van der Waals surface area contributed by atoms with Crippen LogP contribution in [0.1, 0.15) is 32.6 Å². The van der Waals surface area contributed by atoms with Gasteiger partial charge in [-0.25, -0.2) is 4.79 Å². The first kappa shape index (κ1) is 26.0. The average molecular weight is 518 g/mol. The summed E-state index contributed by atoms with van der Waals surface area (Å²) in [6, 6.07) is 17.9. The second-order valence-electron chi connectivity index (χ2n) is 8.62. The highest BCUT2D eigenvalue weighted by Gasteiger charge is 2.34. The smallest absolute Gasteiger partial charge is 0.343 e. The molecule has 0 atom stereocenters. The van der Waals surface area contributed by atoms with Gasteiger partial charge in [0.2, 0.25) is 0 Å². The van der Waals surface area contributed by atoms with Crippen LogP contribution in [0.5, 0.6) is 17.2 Å². The second kappa shape index (κ2) is 11.3. The van der Waals surface area contributed by atoms with Crippen molar-refractivity contribution in [2.75, 3.05) is 20.3 Å². The van der Waals surface area contributed by atoms with Crippen LogP contribution < -0.4 is 14.2 Å². The van der Waals surface area contributed by atoms with E-state index >= 15 is 0 Å². The first-order valence-corrected chi connectivity index (χ1v) is 12.5. The van der Waals surface area contributed by atoms with Gasteiger partial charge in [0.25, 0.3) is 11.1 Å². The number of thioether (sulfide) groups is 1. The Morgan fingerprint density at radius 3 is 2.46 bits per heavy atom. The topological polar surface area (TPSA) is 82.1 Å². The third-order valence-electron chi connectivity index (χ3n) is 5.73. The van der Waals surface area contributed by atoms with E-state index in [0.717, 1.165) is 34.2 Å². The third-order valence-corrected chi connectivity index (χ3v) is 6.64. The van der Waals surface area contributed by atoms with Crippen LogP contribution in [0.3, 0.4) is 0 Å². The predicted molar refractivity (Wildman–Crippen MR) is 143 cm³/mol. The summed E-state index contributed by atoms with van der Waals surface area (Å²) in [5.41, 5.74) is 4.07. The number of rotatable bonds is 8. The normalized spacial score (nSPS) is 14.3. The number of carbonyl (C=O) groups excluding carboxylic acids is 3. The van der Waals surface area contributed by atoms with Crippen molar-refractivity contribution >= 4 is 35.0 Å². The Morgan fingerprint density at radius 2 is 1.70 bits per heavy atom. The molecule has 0 saturated carbocycles. The quantitative estimate of drug-likeness (QED) is 0.207. The monoisotopic (exact) mass is 517 g/mol. The molecular formula is C29H27NO6S. The Morgan fingerprint density at radius 1 is 0.919 bits per heavy atom. The van der Waals surface area contributed by atoms with E-state index in [1.165, 1.54) is 12.0 Å². The van der Waals surface area contributed by atoms with Crippen molar-refractivity contribution in [2.24, 2.45) is 0 Å². The van der Waals surface area contributed by atoms with Crippen LogP contribution in [-0.2, 0) is 4.79 Å². The van der Waals surface area contributed by atoms with Gasteiger partial charge in [0.05, 0.1) is 24.1 Å². The Hall–Kier alpha value is -4.04. The van der Waals surface area contributed by atoms with E-state index in [1.54, 1.807) is 42.5 Å². The number of esters is 1. The molecule has 4 rings (SSSR count). The van der Waals surface area contributed by atoms with Crippen molar-refractivity contribution in [1.82, 2.24) is 4.90 Å². The molecule has 1 aliphatic heterocycles. The molecule has 7 nitrogen and oxygen atoms in total. The molecule has 1 aliphatic rings. The maximum Gasteiger partial charge on any atom is 0.343 e. The fourth-order valence-electron chi connectivity index (χ4n) is 3.74. The van der Waals surface area contributed by atoms with E-state index in [1.807, 2.05) is 45.0 Å². The first-order chi connectivity index (χ1) is 17.7. The lowest BCUT2D eigenvalue weighted by Crippen LogP contribution is -2.32. The zero-order valence-electron chi connectivity index (χ0n) is 21.1. The van der Waals surface area contributed by atoms with Gasteiger partial charge >= 0.3 is 5.97 Å². The molecule has 0 aromatic heterocycles. The van der Waals surface area contributed by atoms with Crippen molar-refractivity contribution < 1.29 is 28.6 Å².